The minimum Gasteiger partial charge on any atom is -0.506 e. The number of aliphatic imine (C=N–C) groups is 1. The number of hydrogen-bond acceptors (Lipinski definition) is 7. The molecule has 8 heteroatoms. The van der Waals surface area contributed by atoms with Crippen LogP contribution in [0.2, 0.25) is 0 Å². The lowest BCUT2D eigenvalue weighted by Gasteiger charge is -2.07. The summed E-state index contributed by atoms with van der Waals surface area (Å²) in [6, 6.07) is 10.3. The molecule has 0 bridgehead atoms. The Morgan fingerprint density at radius 2 is 1.97 bits per heavy atom. The van der Waals surface area contributed by atoms with Gasteiger partial charge in [-0.05, 0) is 55.8 Å². The third kappa shape index (κ3) is 4.83. The molecule has 2 aromatic rings. The van der Waals surface area contributed by atoms with Gasteiger partial charge in [0.15, 0.2) is 11.5 Å². The van der Waals surface area contributed by atoms with Crippen LogP contribution in [0.3, 0.4) is 0 Å². The lowest BCUT2D eigenvalue weighted by molar-refractivity contribution is -0.138. The summed E-state index contributed by atoms with van der Waals surface area (Å²) in [7, 11) is 0. The van der Waals surface area contributed by atoms with Crippen molar-refractivity contribution in [3.8, 4) is 11.5 Å². The number of phenolic OH excluding ortho intramolecular Hbond substituents is 1. The zero-order valence-corrected chi connectivity index (χ0v) is 17.2. The first-order valence-electron chi connectivity index (χ1n) is 9.23. The van der Waals surface area contributed by atoms with E-state index in [1.165, 1.54) is 24.3 Å². The normalized spacial score (nSPS) is 16.4. The molecule has 6 nitrogen and oxygen atoms in total. The summed E-state index contributed by atoms with van der Waals surface area (Å²) in [5.74, 6) is -1.16. The molecule has 0 amide bonds. The highest BCUT2D eigenvalue weighted by Gasteiger charge is 2.33. The van der Waals surface area contributed by atoms with Gasteiger partial charge in [0.1, 0.15) is 22.2 Å². The first kappa shape index (κ1) is 21.4. The van der Waals surface area contributed by atoms with Gasteiger partial charge in [0.2, 0.25) is 0 Å². The number of hydrogen-bond donors (Lipinski definition) is 2. The summed E-state index contributed by atoms with van der Waals surface area (Å²) < 4.78 is 23.9. The van der Waals surface area contributed by atoms with Crippen molar-refractivity contribution >= 4 is 34.5 Å². The molecule has 0 aliphatic carbocycles. The number of rotatable bonds is 6. The topological polar surface area (TPSA) is 88.4 Å². The second kappa shape index (κ2) is 9.49. The molecule has 0 saturated heterocycles. The van der Waals surface area contributed by atoms with E-state index >= 15 is 0 Å². The Labute approximate surface area is 177 Å². The van der Waals surface area contributed by atoms with E-state index in [0.29, 0.717) is 28.5 Å². The molecule has 30 heavy (non-hydrogen) atoms. The quantitative estimate of drug-likeness (QED) is 0.620. The number of halogens is 1. The monoisotopic (exact) mass is 429 g/mol. The SMILES string of the molecule is CCOC(=O)C1=C(O)C(=Cc2ccc(O)c(OCC)c2)SC1=Nc1cccc(F)c1. The van der Waals surface area contributed by atoms with E-state index in [4.69, 9.17) is 9.47 Å². The molecule has 0 saturated carbocycles. The smallest absolute Gasteiger partial charge is 0.344 e. The number of aliphatic hydroxyl groups is 1. The lowest BCUT2D eigenvalue weighted by atomic mass is 10.1. The fraction of sp³-hybridized carbons (Fsp3) is 0.182. The maximum absolute atomic E-state index is 13.5. The summed E-state index contributed by atoms with van der Waals surface area (Å²) in [6.45, 7) is 3.96. The third-order valence-electron chi connectivity index (χ3n) is 3.99. The third-order valence-corrected chi connectivity index (χ3v) is 5.01. The maximum Gasteiger partial charge on any atom is 0.344 e. The van der Waals surface area contributed by atoms with Crippen LogP contribution in [0.15, 0.2) is 63.7 Å². The molecule has 2 aromatic carbocycles. The Bertz CT molecular complexity index is 1060. The van der Waals surface area contributed by atoms with Gasteiger partial charge in [0.05, 0.1) is 23.8 Å². The summed E-state index contributed by atoms with van der Waals surface area (Å²) in [5.41, 5.74) is 0.860. The van der Waals surface area contributed by atoms with Gasteiger partial charge in [0.25, 0.3) is 0 Å². The van der Waals surface area contributed by atoms with Gasteiger partial charge < -0.3 is 19.7 Å². The first-order chi connectivity index (χ1) is 14.4. The molecule has 0 atom stereocenters. The van der Waals surface area contributed by atoms with E-state index in [0.717, 1.165) is 11.8 Å². The largest absolute Gasteiger partial charge is 0.506 e. The van der Waals surface area contributed by atoms with Gasteiger partial charge in [-0.1, -0.05) is 23.9 Å². The molecule has 1 heterocycles. The molecule has 0 radical (unpaired) electrons. The summed E-state index contributed by atoms with van der Waals surface area (Å²) in [4.78, 5) is 17.1. The van der Waals surface area contributed by atoms with Crippen LogP contribution in [0.5, 0.6) is 11.5 Å². The lowest BCUT2D eigenvalue weighted by Crippen LogP contribution is -2.12. The predicted octanol–water partition coefficient (Wildman–Crippen LogP) is 5.12. The van der Waals surface area contributed by atoms with Crippen molar-refractivity contribution in [2.24, 2.45) is 4.99 Å². The van der Waals surface area contributed by atoms with Crippen LogP contribution in [0, 0.1) is 5.82 Å². The molecule has 2 N–H and O–H groups in total. The molecule has 0 fully saturated rings. The van der Waals surface area contributed by atoms with E-state index < -0.39 is 11.8 Å². The highest BCUT2D eigenvalue weighted by Crippen LogP contribution is 2.41. The van der Waals surface area contributed by atoms with E-state index in [2.05, 4.69) is 4.99 Å². The van der Waals surface area contributed by atoms with Crippen LogP contribution in [0.4, 0.5) is 10.1 Å². The number of aromatic hydroxyl groups is 1. The van der Waals surface area contributed by atoms with Crippen molar-refractivity contribution in [3.63, 3.8) is 0 Å². The van der Waals surface area contributed by atoms with Crippen molar-refractivity contribution in [1.29, 1.82) is 0 Å². The van der Waals surface area contributed by atoms with Crippen LogP contribution in [0.1, 0.15) is 19.4 Å². The molecule has 0 spiro atoms. The minimum atomic E-state index is -0.721. The van der Waals surface area contributed by atoms with Crippen molar-refractivity contribution in [3.05, 3.63) is 70.1 Å². The van der Waals surface area contributed by atoms with Crippen molar-refractivity contribution in [2.45, 2.75) is 13.8 Å². The van der Waals surface area contributed by atoms with Gasteiger partial charge in [-0.25, -0.2) is 14.2 Å². The highest BCUT2D eigenvalue weighted by molar-refractivity contribution is 8.18. The number of esters is 1. The van der Waals surface area contributed by atoms with E-state index in [-0.39, 0.29) is 28.7 Å². The van der Waals surface area contributed by atoms with Crippen LogP contribution in [-0.2, 0) is 9.53 Å². The Kier molecular flexibility index (Phi) is 6.79. The summed E-state index contributed by atoms with van der Waals surface area (Å²) in [6.07, 6.45) is 1.63. The van der Waals surface area contributed by atoms with Gasteiger partial charge >= 0.3 is 5.97 Å². The predicted molar refractivity (Wildman–Crippen MR) is 115 cm³/mol. The average Bonchev–Trinajstić information content (AvgIpc) is 2.99. The highest BCUT2D eigenvalue weighted by atomic mass is 32.2. The molecule has 0 unspecified atom stereocenters. The van der Waals surface area contributed by atoms with Crippen LogP contribution < -0.4 is 4.74 Å². The van der Waals surface area contributed by atoms with Gasteiger partial charge in [-0.3, -0.25) is 0 Å². The first-order valence-corrected chi connectivity index (χ1v) is 10.0. The fourth-order valence-corrected chi connectivity index (χ4v) is 3.73. The average molecular weight is 429 g/mol. The zero-order valence-electron chi connectivity index (χ0n) is 16.4. The minimum absolute atomic E-state index is 0.00147. The second-order valence-electron chi connectivity index (χ2n) is 6.11. The molecule has 1 aliphatic heterocycles. The molecule has 3 rings (SSSR count). The van der Waals surface area contributed by atoms with Crippen LogP contribution in [-0.4, -0.2) is 34.4 Å². The fourth-order valence-electron chi connectivity index (χ4n) is 2.70. The molecular formula is C22H20FNO5S. The summed E-state index contributed by atoms with van der Waals surface area (Å²) in [5, 5.41) is 20.8. The van der Waals surface area contributed by atoms with Crippen molar-refractivity contribution < 1.29 is 28.9 Å². The Hall–Kier alpha value is -3.26. The van der Waals surface area contributed by atoms with E-state index in [1.54, 1.807) is 38.1 Å². The molecule has 0 aromatic heterocycles. The molecule has 156 valence electrons. The second-order valence-corrected chi connectivity index (χ2v) is 7.14. The molecular weight excluding hydrogens is 409 g/mol. The Morgan fingerprint density at radius 1 is 1.17 bits per heavy atom. The molecule has 1 aliphatic rings. The van der Waals surface area contributed by atoms with Crippen LogP contribution in [0.25, 0.3) is 6.08 Å². The van der Waals surface area contributed by atoms with Gasteiger partial charge in [-0.15, -0.1) is 0 Å². The maximum atomic E-state index is 13.5. The Morgan fingerprint density at radius 3 is 2.67 bits per heavy atom. The number of phenols is 1. The number of aliphatic hydroxyl groups excluding tert-OH is 1. The van der Waals surface area contributed by atoms with Crippen molar-refractivity contribution in [1.82, 2.24) is 0 Å². The number of nitrogens with zero attached hydrogens (tertiary/aromatic N) is 1. The zero-order chi connectivity index (χ0) is 21.7. The number of carbonyl (C=O) groups is 1. The van der Waals surface area contributed by atoms with Gasteiger partial charge in [0, 0.05) is 0 Å². The number of benzene rings is 2. The number of carbonyl (C=O) groups excluding carboxylic acids is 1. The summed E-state index contributed by atoms with van der Waals surface area (Å²) >= 11 is 1.06. The number of thioether (sulfide) groups is 1. The van der Waals surface area contributed by atoms with E-state index in [9.17, 15) is 19.4 Å². The Balaban J connectivity index is 2.03. The van der Waals surface area contributed by atoms with Crippen molar-refractivity contribution in [2.75, 3.05) is 13.2 Å². The van der Waals surface area contributed by atoms with Crippen LogP contribution >= 0.6 is 11.8 Å². The standard InChI is InChI=1S/C22H20FNO5S/c1-3-28-17-10-13(8-9-16(17)25)11-18-20(26)19(22(27)29-4-2)21(30-18)24-15-7-5-6-14(23)12-15/h5-12,25-26H,3-4H2,1-2H3. The van der Waals surface area contributed by atoms with Gasteiger partial charge in [-0.2, -0.15) is 0 Å². The number of ether oxygens (including phenoxy) is 2. The van der Waals surface area contributed by atoms with E-state index in [1.807, 2.05) is 0 Å².